The van der Waals surface area contributed by atoms with E-state index in [9.17, 15) is 24.9 Å². The number of carboxylic acids is 2. The number of aliphatic carboxylic acids is 2. The Labute approximate surface area is 128 Å². The zero-order chi connectivity index (χ0) is 16.4. The van der Waals surface area contributed by atoms with Crippen LogP contribution < -0.4 is 0 Å². The molecule has 2 rings (SSSR count). The molecule has 0 heterocycles. The third-order valence-electron chi connectivity index (χ3n) is 4.31. The standard InChI is InChI=1S/C17H20O5/c1-16(14(19)20)7-13(10-18)9-17(11-16,15(21)22)8-12-5-3-2-4-6-12/h2-6,9,18H,7-8,10-11H2,1H3,(H,19,20)(H,21,22). The molecule has 2 unspecified atom stereocenters. The Morgan fingerprint density at radius 1 is 1.14 bits per heavy atom. The molecular formula is C17H20O5. The molecule has 1 aliphatic carbocycles. The van der Waals surface area contributed by atoms with Crippen molar-refractivity contribution < 1.29 is 24.9 Å². The first-order valence-corrected chi connectivity index (χ1v) is 7.13. The third-order valence-corrected chi connectivity index (χ3v) is 4.31. The Morgan fingerprint density at radius 2 is 1.77 bits per heavy atom. The first kappa shape index (κ1) is 16.2. The SMILES string of the molecule is CC1(C(=O)O)CC(CO)=CC(Cc2ccccc2)(C(=O)O)C1. The number of hydrogen-bond acceptors (Lipinski definition) is 3. The Morgan fingerprint density at radius 3 is 2.27 bits per heavy atom. The Kier molecular flexibility index (Phi) is 4.37. The lowest BCUT2D eigenvalue weighted by molar-refractivity contribution is -0.155. The smallest absolute Gasteiger partial charge is 0.313 e. The van der Waals surface area contributed by atoms with Gasteiger partial charge in [0.1, 0.15) is 0 Å². The van der Waals surface area contributed by atoms with Crippen LogP contribution in [-0.2, 0) is 16.0 Å². The van der Waals surface area contributed by atoms with Gasteiger partial charge in [0, 0.05) is 0 Å². The van der Waals surface area contributed by atoms with Crippen LogP contribution in [0.15, 0.2) is 42.0 Å². The van der Waals surface area contributed by atoms with Gasteiger partial charge >= 0.3 is 11.9 Å². The quantitative estimate of drug-likeness (QED) is 0.724. The van der Waals surface area contributed by atoms with E-state index >= 15 is 0 Å². The Balaban J connectivity index is 2.48. The summed E-state index contributed by atoms with van der Waals surface area (Å²) in [6.07, 6.45) is 1.92. The molecule has 0 amide bonds. The van der Waals surface area contributed by atoms with Crippen LogP contribution in [0.5, 0.6) is 0 Å². The van der Waals surface area contributed by atoms with E-state index < -0.39 is 22.8 Å². The lowest BCUT2D eigenvalue weighted by Gasteiger charge is -2.40. The highest BCUT2D eigenvalue weighted by Crippen LogP contribution is 2.47. The van der Waals surface area contributed by atoms with E-state index in [1.807, 2.05) is 30.3 Å². The van der Waals surface area contributed by atoms with Gasteiger partial charge in [0.05, 0.1) is 17.4 Å². The number of aliphatic hydroxyl groups is 1. The molecule has 5 nitrogen and oxygen atoms in total. The molecule has 0 spiro atoms. The van der Waals surface area contributed by atoms with Crippen molar-refractivity contribution in [2.45, 2.75) is 26.2 Å². The summed E-state index contributed by atoms with van der Waals surface area (Å²) in [5, 5.41) is 28.7. The fraction of sp³-hybridized carbons (Fsp3) is 0.412. The largest absolute Gasteiger partial charge is 0.481 e. The Bertz CT molecular complexity index is 607. The molecule has 3 N–H and O–H groups in total. The maximum absolute atomic E-state index is 11.9. The van der Waals surface area contributed by atoms with E-state index in [0.29, 0.717) is 5.57 Å². The summed E-state index contributed by atoms with van der Waals surface area (Å²) in [6.45, 7) is 1.22. The second kappa shape index (κ2) is 5.93. The van der Waals surface area contributed by atoms with Crippen LogP contribution in [0, 0.1) is 10.8 Å². The molecule has 2 atom stereocenters. The molecule has 1 aliphatic rings. The van der Waals surface area contributed by atoms with Gasteiger partial charge in [-0.2, -0.15) is 0 Å². The summed E-state index contributed by atoms with van der Waals surface area (Å²) in [5.41, 5.74) is -1.22. The van der Waals surface area contributed by atoms with Crippen molar-refractivity contribution in [3.05, 3.63) is 47.5 Å². The van der Waals surface area contributed by atoms with Gasteiger partial charge in [0.25, 0.3) is 0 Å². The fourth-order valence-corrected chi connectivity index (χ4v) is 3.29. The van der Waals surface area contributed by atoms with E-state index in [1.165, 1.54) is 0 Å². The second-order valence-electron chi connectivity index (χ2n) is 6.30. The number of aliphatic hydroxyl groups excluding tert-OH is 1. The number of rotatable bonds is 5. The average molecular weight is 304 g/mol. The van der Waals surface area contributed by atoms with Gasteiger partial charge in [0.15, 0.2) is 0 Å². The minimum atomic E-state index is -1.31. The van der Waals surface area contributed by atoms with Crippen LogP contribution in [0.2, 0.25) is 0 Å². The fourth-order valence-electron chi connectivity index (χ4n) is 3.29. The summed E-state index contributed by atoms with van der Waals surface area (Å²) in [5.74, 6) is -2.10. The molecule has 0 radical (unpaired) electrons. The Hall–Kier alpha value is -2.14. The van der Waals surface area contributed by atoms with E-state index in [-0.39, 0.29) is 25.9 Å². The molecular weight excluding hydrogens is 284 g/mol. The van der Waals surface area contributed by atoms with Crippen molar-refractivity contribution in [1.29, 1.82) is 0 Å². The summed E-state index contributed by atoms with van der Waals surface area (Å²) in [6, 6.07) is 9.13. The zero-order valence-electron chi connectivity index (χ0n) is 12.5. The van der Waals surface area contributed by atoms with Crippen LogP contribution in [0.4, 0.5) is 0 Å². The number of carbonyl (C=O) groups is 2. The molecule has 0 bridgehead atoms. The summed E-state index contributed by atoms with van der Waals surface area (Å²) < 4.78 is 0. The maximum Gasteiger partial charge on any atom is 0.313 e. The van der Waals surface area contributed by atoms with Gasteiger partial charge in [0.2, 0.25) is 0 Å². The van der Waals surface area contributed by atoms with Gasteiger partial charge in [-0.1, -0.05) is 36.4 Å². The van der Waals surface area contributed by atoms with Gasteiger partial charge in [-0.05, 0) is 37.3 Å². The predicted molar refractivity (Wildman–Crippen MR) is 80.4 cm³/mol. The molecule has 22 heavy (non-hydrogen) atoms. The molecule has 118 valence electrons. The normalized spacial score (nSPS) is 28.0. The molecule has 1 aromatic carbocycles. The molecule has 0 aliphatic heterocycles. The van der Waals surface area contributed by atoms with E-state index in [1.54, 1.807) is 13.0 Å². The second-order valence-corrected chi connectivity index (χ2v) is 6.30. The van der Waals surface area contributed by atoms with E-state index in [4.69, 9.17) is 0 Å². The molecule has 0 saturated carbocycles. The zero-order valence-corrected chi connectivity index (χ0v) is 12.5. The van der Waals surface area contributed by atoms with Gasteiger partial charge in [-0.15, -0.1) is 0 Å². The monoisotopic (exact) mass is 304 g/mol. The van der Waals surface area contributed by atoms with Gasteiger partial charge in [-0.25, -0.2) is 0 Å². The minimum Gasteiger partial charge on any atom is -0.481 e. The molecule has 1 aromatic rings. The minimum absolute atomic E-state index is 0.00304. The van der Waals surface area contributed by atoms with Crippen molar-refractivity contribution in [3.8, 4) is 0 Å². The summed E-state index contributed by atoms with van der Waals surface area (Å²) in [4.78, 5) is 23.5. The van der Waals surface area contributed by atoms with E-state index in [2.05, 4.69) is 0 Å². The molecule has 0 saturated heterocycles. The van der Waals surface area contributed by atoms with Crippen molar-refractivity contribution >= 4 is 11.9 Å². The highest BCUT2D eigenvalue weighted by Gasteiger charge is 2.50. The third kappa shape index (κ3) is 3.04. The van der Waals surface area contributed by atoms with Gasteiger partial charge in [-0.3, -0.25) is 9.59 Å². The highest BCUT2D eigenvalue weighted by molar-refractivity contribution is 5.82. The maximum atomic E-state index is 11.9. The average Bonchev–Trinajstić information content (AvgIpc) is 2.47. The van der Waals surface area contributed by atoms with Crippen molar-refractivity contribution in [2.75, 3.05) is 6.61 Å². The number of benzene rings is 1. The van der Waals surface area contributed by atoms with Crippen molar-refractivity contribution in [1.82, 2.24) is 0 Å². The van der Waals surface area contributed by atoms with Crippen LogP contribution in [0.1, 0.15) is 25.3 Å². The van der Waals surface area contributed by atoms with Crippen LogP contribution in [0.25, 0.3) is 0 Å². The highest BCUT2D eigenvalue weighted by atomic mass is 16.4. The summed E-state index contributed by atoms with van der Waals surface area (Å²) in [7, 11) is 0. The van der Waals surface area contributed by atoms with Crippen molar-refractivity contribution in [3.63, 3.8) is 0 Å². The summed E-state index contributed by atoms with van der Waals surface area (Å²) >= 11 is 0. The van der Waals surface area contributed by atoms with Crippen LogP contribution in [0.3, 0.4) is 0 Å². The number of carboxylic acid groups (broad SMARTS) is 2. The first-order valence-electron chi connectivity index (χ1n) is 7.13. The predicted octanol–water partition coefficient (Wildman–Crippen LogP) is 2.10. The lowest BCUT2D eigenvalue weighted by Crippen LogP contribution is -2.44. The molecule has 0 aromatic heterocycles. The lowest BCUT2D eigenvalue weighted by atomic mass is 9.62. The van der Waals surface area contributed by atoms with Crippen molar-refractivity contribution in [2.24, 2.45) is 10.8 Å². The number of hydrogen-bond donors (Lipinski definition) is 3. The molecule has 5 heteroatoms. The van der Waals surface area contributed by atoms with Crippen LogP contribution in [-0.4, -0.2) is 33.9 Å². The topological polar surface area (TPSA) is 94.8 Å². The van der Waals surface area contributed by atoms with Crippen LogP contribution >= 0.6 is 0 Å². The van der Waals surface area contributed by atoms with Gasteiger partial charge < -0.3 is 15.3 Å². The first-order chi connectivity index (χ1) is 10.3. The molecule has 0 fully saturated rings. The van der Waals surface area contributed by atoms with E-state index in [0.717, 1.165) is 5.56 Å².